The Hall–Kier alpha value is -4.27. The molecule has 3 rings (SSSR count). The molecule has 0 bridgehead atoms. The van der Waals surface area contributed by atoms with Crippen molar-refractivity contribution in [1.29, 1.82) is 0 Å². The van der Waals surface area contributed by atoms with E-state index in [0.29, 0.717) is 16.9 Å². The molecule has 1 heterocycles. The van der Waals surface area contributed by atoms with Crippen LogP contribution in [0.5, 0.6) is 5.75 Å². The minimum atomic E-state index is -0.785. The molecule has 32 heavy (non-hydrogen) atoms. The Balaban J connectivity index is 1.79. The van der Waals surface area contributed by atoms with Crippen LogP contribution in [0, 0.1) is 0 Å². The lowest BCUT2D eigenvalue weighted by atomic mass is 10.1. The molecular weight excluding hydrogens is 414 g/mol. The summed E-state index contributed by atoms with van der Waals surface area (Å²) >= 11 is 0. The van der Waals surface area contributed by atoms with Gasteiger partial charge in [0.05, 0.1) is 18.4 Å². The summed E-state index contributed by atoms with van der Waals surface area (Å²) in [5.41, 5.74) is 0.671. The van der Waals surface area contributed by atoms with Gasteiger partial charge >= 0.3 is 5.97 Å². The number of para-hydroxylation sites is 1. The van der Waals surface area contributed by atoms with E-state index in [1.807, 2.05) is 0 Å². The first-order valence-electron chi connectivity index (χ1n) is 9.79. The number of carbonyl (C=O) groups is 3. The van der Waals surface area contributed by atoms with E-state index in [0.717, 1.165) is 10.7 Å². The van der Waals surface area contributed by atoms with Crippen molar-refractivity contribution >= 4 is 23.3 Å². The number of ether oxygens (including phenoxy) is 2. The number of aromatic nitrogens is 2. The van der Waals surface area contributed by atoms with Gasteiger partial charge in [-0.1, -0.05) is 18.2 Å². The molecule has 0 aliphatic heterocycles. The fourth-order valence-corrected chi connectivity index (χ4v) is 2.77. The average molecular weight is 435 g/mol. The van der Waals surface area contributed by atoms with Gasteiger partial charge in [-0.25, -0.2) is 4.79 Å². The average Bonchev–Trinajstić information content (AvgIpc) is 2.78. The molecule has 0 aliphatic rings. The molecule has 0 unspecified atom stereocenters. The Kier molecular flexibility index (Phi) is 7.12. The lowest BCUT2D eigenvalue weighted by molar-refractivity contribution is -0.118. The summed E-state index contributed by atoms with van der Waals surface area (Å²) in [5, 5.41) is 6.70. The SMILES string of the molecule is CCOC(=O)c1nn(-c2ccccc2)c(=O)cc1OCC(=O)Nc1ccc(C(C)=O)cc1. The molecule has 2 aromatic carbocycles. The number of esters is 1. The number of nitrogens with one attached hydrogen (secondary N) is 1. The highest BCUT2D eigenvalue weighted by molar-refractivity contribution is 5.96. The van der Waals surface area contributed by atoms with E-state index in [1.54, 1.807) is 61.5 Å². The Morgan fingerprint density at radius 3 is 2.34 bits per heavy atom. The third-order valence-electron chi connectivity index (χ3n) is 4.30. The number of anilines is 1. The van der Waals surface area contributed by atoms with Crippen LogP contribution in [-0.4, -0.2) is 40.7 Å². The molecule has 1 N–H and O–H groups in total. The molecule has 164 valence electrons. The fourth-order valence-electron chi connectivity index (χ4n) is 2.77. The molecule has 0 saturated carbocycles. The number of nitrogens with zero attached hydrogens (tertiary/aromatic N) is 2. The Labute approximate surface area is 183 Å². The van der Waals surface area contributed by atoms with Gasteiger partial charge in [0.1, 0.15) is 0 Å². The van der Waals surface area contributed by atoms with Gasteiger partial charge in [0.25, 0.3) is 11.5 Å². The number of hydrogen-bond acceptors (Lipinski definition) is 7. The minimum absolute atomic E-state index is 0.0876. The number of Topliss-reactive ketones (excluding diaryl/α,β-unsaturated/α-hetero) is 1. The summed E-state index contributed by atoms with van der Waals surface area (Å²) in [6, 6.07) is 16.0. The summed E-state index contributed by atoms with van der Waals surface area (Å²) in [6.45, 7) is 2.71. The summed E-state index contributed by atoms with van der Waals surface area (Å²) in [7, 11) is 0. The first-order chi connectivity index (χ1) is 15.4. The maximum atomic E-state index is 12.5. The first kappa shape index (κ1) is 22.4. The number of benzene rings is 2. The lowest BCUT2D eigenvalue weighted by Gasteiger charge is -2.12. The van der Waals surface area contributed by atoms with E-state index in [9.17, 15) is 19.2 Å². The van der Waals surface area contributed by atoms with Gasteiger partial charge in [0.2, 0.25) is 5.69 Å². The first-order valence-corrected chi connectivity index (χ1v) is 9.79. The number of ketones is 1. The second-order valence-electron chi connectivity index (χ2n) is 6.63. The largest absolute Gasteiger partial charge is 0.481 e. The maximum Gasteiger partial charge on any atom is 0.362 e. The number of carbonyl (C=O) groups excluding carboxylic acids is 3. The molecule has 0 atom stereocenters. The van der Waals surface area contributed by atoms with Gasteiger partial charge in [-0.3, -0.25) is 14.4 Å². The van der Waals surface area contributed by atoms with Crippen LogP contribution in [0.3, 0.4) is 0 Å². The third-order valence-corrected chi connectivity index (χ3v) is 4.30. The smallest absolute Gasteiger partial charge is 0.362 e. The zero-order valence-electron chi connectivity index (χ0n) is 17.5. The van der Waals surface area contributed by atoms with E-state index < -0.39 is 24.0 Å². The van der Waals surface area contributed by atoms with Crippen molar-refractivity contribution in [2.45, 2.75) is 13.8 Å². The minimum Gasteiger partial charge on any atom is -0.481 e. The molecule has 9 heteroatoms. The highest BCUT2D eigenvalue weighted by Gasteiger charge is 2.20. The Morgan fingerprint density at radius 1 is 1.03 bits per heavy atom. The Bertz CT molecular complexity index is 1190. The van der Waals surface area contributed by atoms with E-state index in [4.69, 9.17) is 9.47 Å². The molecule has 1 aromatic heterocycles. The van der Waals surface area contributed by atoms with Gasteiger partial charge < -0.3 is 14.8 Å². The van der Waals surface area contributed by atoms with E-state index in [2.05, 4.69) is 10.4 Å². The standard InChI is InChI=1S/C23H21N3O6/c1-3-31-23(30)22-19(13-21(29)26(25-22)18-7-5-4-6-8-18)32-14-20(28)24-17-11-9-16(10-12-17)15(2)27/h4-13H,3,14H2,1-2H3,(H,24,28). The van der Waals surface area contributed by atoms with Gasteiger partial charge in [-0.15, -0.1) is 0 Å². The molecule has 0 radical (unpaired) electrons. The van der Waals surface area contributed by atoms with Crippen LogP contribution in [0.4, 0.5) is 5.69 Å². The highest BCUT2D eigenvalue weighted by Crippen LogP contribution is 2.17. The summed E-state index contributed by atoms with van der Waals surface area (Å²) in [5.74, 6) is -1.56. The van der Waals surface area contributed by atoms with Crippen molar-refractivity contribution in [2.75, 3.05) is 18.5 Å². The third kappa shape index (κ3) is 5.45. The van der Waals surface area contributed by atoms with Crippen molar-refractivity contribution in [1.82, 2.24) is 9.78 Å². The quantitative estimate of drug-likeness (QED) is 0.427. The molecular formula is C23H21N3O6. The predicted molar refractivity (Wildman–Crippen MR) is 116 cm³/mol. The fraction of sp³-hybridized carbons (Fsp3) is 0.174. The van der Waals surface area contributed by atoms with Crippen LogP contribution >= 0.6 is 0 Å². The zero-order valence-corrected chi connectivity index (χ0v) is 17.5. The predicted octanol–water partition coefficient (Wildman–Crippen LogP) is 2.63. The second-order valence-corrected chi connectivity index (χ2v) is 6.63. The number of rotatable bonds is 8. The lowest BCUT2D eigenvalue weighted by Crippen LogP contribution is -2.27. The summed E-state index contributed by atoms with van der Waals surface area (Å²) < 4.78 is 11.5. The van der Waals surface area contributed by atoms with Crippen molar-refractivity contribution in [3.05, 3.63) is 82.3 Å². The highest BCUT2D eigenvalue weighted by atomic mass is 16.5. The topological polar surface area (TPSA) is 117 Å². The van der Waals surface area contributed by atoms with E-state index in [1.165, 1.54) is 6.92 Å². The van der Waals surface area contributed by atoms with Crippen LogP contribution < -0.4 is 15.6 Å². The molecule has 0 spiro atoms. The Morgan fingerprint density at radius 2 is 1.72 bits per heavy atom. The van der Waals surface area contributed by atoms with Gasteiger partial charge in [0.15, 0.2) is 18.1 Å². The van der Waals surface area contributed by atoms with Crippen LogP contribution in [0.15, 0.2) is 65.5 Å². The van der Waals surface area contributed by atoms with Crippen molar-refractivity contribution < 1.29 is 23.9 Å². The van der Waals surface area contributed by atoms with Gasteiger partial charge in [-0.2, -0.15) is 9.78 Å². The monoisotopic (exact) mass is 435 g/mol. The van der Waals surface area contributed by atoms with Crippen molar-refractivity contribution in [2.24, 2.45) is 0 Å². The number of amides is 1. The molecule has 0 fully saturated rings. The summed E-state index contributed by atoms with van der Waals surface area (Å²) in [6.07, 6.45) is 0. The zero-order chi connectivity index (χ0) is 23.1. The van der Waals surface area contributed by atoms with E-state index in [-0.39, 0.29) is 23.8 Å². The molecule has 1 amide bonds. The second kappa shape index (κ2) is 10.2. The van der Waals surface area contributed by atoms with Crippen LogP contribution in [0.1, 0.15) is 34.7 Å². The molecule has 0 aliphatic carbocycles. The van der Waals surface area contributed by atoms with Crippen molar-refractivity contribution in [3.8, 4) is 11.4 Å². The van der Waals surface area contributed by atoms with Crippen LogP contribution in [0.25, 0.3) is 5.69 Å². The molecule has 3 aromatic rings. The maximum absolute atomic E-state index is 12.5. The van der Waals surface area contributed by atoms with Crippen LogP contribution in [-0.2, 0) is 9.53 Å². The normalized spacial score (nSPS) is 10.3. The van der Waals surface area contributed by atoms with Gasteiger partial charge in [-0.05, 0) is 50.2 Å². The molecule has 9 nitrogen and oxygen atoms in total. The van der Waals surface area contributed by atoms with E-state index >= 15 is 0 Å². The number of hydrogen-bond donors (Lipinski definition) is 1. The molecule has 0 saturated heterocycles. The van der Waals surface area contributed by atoms with Crippen LogP contribution in [0.2, 0.25) is 0 Å². The van der Waals surface area contributed by atoms with Crippen molar-refractivity contribution in [3.63, 3.8) is 0 Å². The summed E-state index contributed by atoms with van der Waals surface area (Å²) in [4.78, 5) is 48.5. The van der Waals surface area contributed by atoms with Gasteiger partial charge in [0, 0.05) is 11.3 Å².